The van der Waals surface area contributed by atoms with Gasteiger partial charge in [-0.25, -0.2) is 4.79 Å². The Kier molecular flexibility index (Phi) is 6.08. The molecule has 0 aliphatic heterocycles. The van der Waals surface area contributed by atoms with Crippen molar-refractivity contribution in [3.05, 3.63) is 41.5 Å². The van der Waals surface area contributed by atoms with Crippen LogP contribution in [0.15, 0.2) is 35.9 Å². The zero-order valence-electron chi connectivity index (χ0n) is 10.6. The van der Waals surface area contributed by atoms with Crippen molar-refractivity contribution in [1.82, 2.24) is 0 Å². The topological polar surface area (TPSA) is 26.3 Å². The summed E-state index contributed by atoms with van der Waals surface area (Å²) >= 11 is 0. The molecule has 1 aromatic carbocycles. The van der Waals surface area contributed by atoms with Gasteiger partial charge < -0.3 is 4.74 Å². The molecule has 17 heavy (non-hydrogen) atoms. The number of esters is 1. The molecule has 0 bridgehead atoms. The Morgan fingerprint density at radius 3 is 2.59 bits per heavy atom. The van der Waals surface area contributed by atoms with Crippen molar-refractivity contribution in [1.29, 1.82) is 0 Å². The minimum atomic E-state index is -0.218. The second-order valence-corrected chi connectivity index (χ2v) is 4.08. The van der Waals surface area contributed by atoms with Crippen molar-refractivity contribution in [2.75, 3.05) is 6.61 Å². The minimum Gasteiger partial charge on any atom is -0.462 e. The van der Waals surface area contributed by atoms with Gasteiger partial charge in [0.1, 0.15) is 0 Å². The van der Waals surface area contributed by atoms with Gasteiger partial charge in [-0.05, 0) is 25.0 Å². The van der Waals surface area contributed by atoms with Gasteiger partial charge in [0.05, 0.1) is 6.61 Å². The highest BCUT2D eigenvalue weighted by molar-refractivity contribution is 5.92. The van der Waals surface area contributed by atoms with Crippen LogP contribution in [0.2, 0.25) is 0 Å². The average Bonchev–Trinajstić information content (AvgIpc) is 2.35. The molecule has 2 nitrogen and oxygen atoms in total. The molecule has 0 heterocycles. The van der Waals surface area contributed by atoms with Crippen LogP contribution in [-0.4, -0.2) is 12.6 Å². The molecule has 0 saturated carbocycles. The first-order valence-corrected chi connectivity index (χ1v) is 6.14. The molecule has 0 unspecified atom stereocenters. The van der Waals surface area contributed by atoms with E-state index in [1.807, 2.05) is 36.4 Å². The predicted molar refractivity (Wildman–Crippen MR) is 70.6 cm³/mol. The largest absolute Gasteiger partial charge is 0.462 e. The summed E-state index contributed by atoms with van der Waals surface area (Å²) in [4.78, 5) is 11.6. The zero-order chi connectivity index (χ0) is 12.5. The minimum absolute atomic E-state index is 0.218. The fourth-order valence-electron chi connectivity index (χ4n) is 1.49. The van der Waals surface area contributed by atoms with Crippen molar-refractivity contribution in [2.24, 2.45) is 0 Å². The van der Waals surface area contributed by atoms with E-state index in [1.54, 1.807) is 6.92 Å². The van der Waals surface area contributed by atoms with Crippen LogP contribution in [0.4, 0.5) is 0 Å². The fraction of sp³-hybridized carbons (Fsp3) is 0.400. The quantitative estimate of drug-likeness (QED) is 0.423. The van der Waals surface area contributed by atoms with Gasteiger partial charge in [0.2, 0.25) is 0 Å². The lowest BCUT2D eigenvalue weighted by molar-refractivity contribution is -0.139. The Balaban J connectivity index is 2.44. The molecular formula is C15H20O2. The molecule has 0 aliphatic rings. The molecule has 0 radical (unpaired) electrons. The Morgan fingerprint density at radius 2 is 1.94 bits per heavy atom. The lowest BCUT2D eigenvalue weighted by Crippen LogP contribution is -2.06. The zero-order valence-corrected chi connectivity index (χ0v) is 10.6. The van der Waals surface area contributed by atoms with Gasteiger partial charge in [-0.3, -0.25) is 0 Å². The van der Waals surface area contributed by atoms with E-state index in [1.165, 1.54) is 0 Å². The number of hydrogen-bond donors (Lipinski definition) is 0. The highest BCUT2D eigenvalue weighted by atomic mass is 16.5. The highest BCUT2D eigenvalue weighted by Gasteiger charge is 2.04. The third-order valence-corrected chi connectivity index (χ3v) is 2.49. The monoisotopic (exact) mass is 232 g/mol. The number of hydrogen-bond acceptors (Lipinski definition) is 2. The molecule has 1 aromatic rings. The SMILES string of the molecule is CCCCCOC(=O)C(C)=Cc1ccccc1. The van der Waals surface area contributed by atoms with Crippen LogP contribution >= 0.6 is 0 Å². The van der Waals surface area contributed by atoms with Crippen molar-refractivity contribution in [2.45, 2.75) is 33.1 Å². The Bertz CT molecular complexity index is 366. The lowest BCUT2D eigenvalue weighted by Gasteiger charge is -2.04. The van der Waals surface area contributed by atoms with Crippen LogP contribution in [0, 0.1) is 0 Å². The van der Waals surface area contributed by atoms with E-state index in [4.69, 9.17) is 4.74 Å². The summed E-state index contributed by atoms with van der Waals surface area (Å²) in [5, 5.41) is 0. The van der Waals surface area contributed by atoms with E-state index < -0.39 is 0 Å². The molecule has 0 fully saturated rings. The second-order valence-electron chi connectivity index (χ2n) is 4.08. The molecule has 0 saturated heterocycles. The number of rotatable bonds is 6. The summed E-state index contributed by atoms with van der Waals surface area (Å²) < 4.78 is 5.17. The summed E-state index contributed by atoms with van der Waals surface area (Å²) in [5.41, 5.74) is 1.67. The maximum atomic E-state index is 11.6. The van der Waals surface area contributed by atoms with E-state index in [9.17, 15) is 4.79 Å². The maximum Gasteiger partial charge on any atom is 0.333 e. The van der Waals surface area contributed by atoms with E-state index >= 15 is 0 Å². The molecular weight excluding hydrogens is 212 g/mol. The van der Waals surface area contributed by atoms with Crippen molar-refractivity contribution in [3.63, 3.8) is 0 Å². The Morgan fingerprint density at radius 1 is 1.24 bits per heavy atom. The van der Waals surface area contributed by atoms with Crippen LogP contribution in [0.1, 0.15) is 38.7 Å². The van der Waals surface area contributed by atoms with E-state index in [-0.39, 0.29) is 5.97 Å². The highest BCUT2D eigenvalue weighted by Crippen LogP contribution is 2.07. The average molecular weight is 232 g/mol. The number of unbranched alkanes of at least 4 members (excludes halogenated alkanes) is 2. The van der Waals surface area contributed by atoms with Crippen LogP contribution < -0.4 is 0 Å². The maximum absolute atomic E-state index is 11.6. The second kappa shape index (κ2) is 7.66. The van der Waals surface area contributed by atoms with Gasteiger partial charge in [0, 0.05) is 5.57 Å². The third-order valence-electron chi connectivity index (χ3n) is 2.49. The molecule has 92 valence electrons. The van der Waals surface area contributed by atoms with Gasteiger partial charge in [0.25, 0.3) is 0 Å². The summed E-state index contributed by atoms with van der Waals surface area (Å²) in [7, 11) is 0. The molecule has 0 amide bonds. The third kappa shape index (κ3) is 5.34. The summed E-state index contributed by atoms with van der Waals surface area (Å²) in [6.45, 7) is 4.43. The number of benzene rings is 1. The Hall–Kier alpha value is -1.57. The van der Waals surface area contributed by atoms with Crippen molar-refractivity contribution < 1.29 is 9.53 Å². The lowest BCUT2D eigenvalue weighted by atomic mass is 10.1. The predicted octanol–water partition coefficient (Wildman–Crippen LogP) is 3.82. The number of ether oxygens (including phenoxy) is 1. The van der Waals surface area contributed by atoms with E-state index in [2.05, 4.69) is 6.92 Å². The van der Waals surface area contributed by atoms with Crippen LogP contribution in [0.3, 0.4) is 0 Å². The standard InChI is InChI=1S/C15H20O2/c1-3-4-8-11-17-15(16)13(2)12-14-9-6-5-7-10-14/h5-7,9-10,12H,3-4,8,11H2,1-2H3. The normalized spacial score (nSPS) is 11.3. The molecule has 0 N–H and O–H groups in total. The van der Waals surface area contributed by atoms with E-state index in [0.29, 0.717) is 12.2 Å². The van der Waals surface area contributed by atoms with Crippen molar-refractivity contribution in [3.8, 4) is 0 Å². The van der Waals surface area contributed by atoms with E-state index in [0.717, 1.165) is 24.8 Å². The first-order valence-electron chi connectivity index (χ1n) is 6.14. The van der Waals surface area contributed by atoms with Gasteiger partial charge in [-0.2, -0.15) is 0 Å². The molecule has 0 spiro atoms. The summed E-state index contributed by atoms with van der Waals surface area (Å²) in [5.74, 6) is -0.218. The van der Waals surface area contributed by atoms with Crippen LogP contribution in [0.5, 0.6) is 0 Å². The van der Waals surface area contributed by atoms with Crippen LogP contribution in [-0.2, 0) is 9.53 Å². The van der Waals surface area contributed by atoms with Gasteiger partial charge in [0.15, 0.2) is 0 Å². The van der Waals surface area contributed by atoms with Gasteiger partial charge in [-0.15, -0.1) is 0 Å². The molecule has 0 aromatic heterocycles. The van der Waals surface area contributed by atoms with Crippen molar-refractivity contribution >= 4 is 12.0 Å². The van der Waals surface area contributed by atoms with Crippen LogP contribution in [0.25, 0.3) is 6.08 Å². The number of carbonyl (C=O) groups is 1. The first-order chi connectivity index (χ1) is 8.24. The summed E-state index contributed by atoms with van der Waals surface area (Å²) in [6, 6.07) is 9.79. The Labute approximate surface area is 103 Å². The van der Waals surface area contributed by atoms with Gasteiger partial charge >= 0.3 is 5.97 Å². The smallest absolute Gasteiger partial charge is 0.333 e. The molecule has 0 aliphatic carbocycles. The first kappa shape index (κ1) is 13.5. The molecule has 2 heteroatoms. The number of carbonyl (C=O) groups excluding carboxylic acids is 1. The van der Waals surface area contributed by atoms with Gasteiger partial charge in [-0.1, -0.05) is 50.1 Å². The molecule has 1 rings (SSSR count). The fourth-order valence-corrected chi connectivity index (χ4v) is 1.49. The summed E-state index contributed by atoms with van der Waals surface area (Å²) in [6.07, 6.45) is 5.04. The molecule has 0 atom stereocenters.